The quantitative estimate of drug-likeness (QED) is 0.931. The van der Waals surface area contributed by atoms with Crippen LogP contribution >= 0.6 is 23.2 Å². The van der Waals surface area contributed by atoms with E-state index in [0.717, 1.165) is 11.4 Å². The fraction of sp³-hybridized carbons (Fsp3) is 0.250. The second-order valence-corrected chi connectivity index (χ2v) is 4.79. The number of nitrogens with zero attached hydrogens (tertiary/aromatic N) is 2. The van der Waals surface area contributed by atoms with E-state index in [-0.39, 0.29) is 6.04 Å². The summed E-state index contributed by atoms with van der Waals surface area (Å²) in [5.41, 5.74) is 7.05. The molecule has 0 saturated heterocycles. The van der Waals surface area contributed by atoms with E-state index >= 15 is 0 Å². The third-order valence-corrected chi connectivity index (χ3v) is 3.24. The molecule has 0 aliphatic rings. The lowest BCUT2D eigenvalue weighted by Gasteiger charge is -2.13. The topological polar surface area (TPSA) is 43.8 Å². The van der Waals surface area contributed by atoms with Crippen LogP contribution in [0.5, 0.6) is 0 Å². The number of aryl methyl sites for hydroxylation is 1. The van der Waals surface area contributed by atoms with Crippen molar-refractivity contribution < 1.29 is 0 Å². The Balaban J connectivity index is 2.21. The van der Waals surface area contributed by atoms with Crippen LogP contribution in [-0.4, -0.2) is 9.55 Å². The van der Waals surface area contributed by atoms with Crippen molar-refractivity contribution in [1.82, 2.24) is 9.55 Å². The minimum atomic E-state index is -0.189. The first-order valence-corrected chi connectivity index (χ1v) is 6.00. The van der Waals surface area contributed by atoms with E-state index < -0.39 is 0 Å². The van der Waals surface area contributed by atoms with E-state index in [2.05, 4.69) is 4.98 Å². The van der Waals surface area contributed by atoms with Gasteiger partial charge in [0.1, 0.15) is 5.82 Å². The molecule has 0 aliphatic carbocycles. The largest absolute Gasteiger partial charge is 0.337 e. The fourth-order valence-corrected chi connectivity index (χ4v) is 2.15. The molecule has 1 unspecified atom stereocenters. The summed E-state index contributed by atoms with van der Waals surface area (Å²) in [5.74, 6) is 0.834. The number of rotatable bonds is 3. The Labute approximate surface area is 110 Å². The zero-order chi connectivity index (χ0) is 12.4. The van der Waals surface area contributed by atoms with Crippen molar-refractivity contribution in [3.05, 3.63) is 52.0 Å². The van der Waals surface area contributed by atoms with Crippen LogP contribution in [0.4, 0.5) is 0 Å². The van der Waals surface area contributed by atoms with Crippen molar-refractivity contribution in [1.29, 1.82) is 0 Å². The normalized spacial score (nSPS) is 12.7. The molecule has 1 atom stereocenters. The first kappa shape index (κ1) is 12.4. The van der Waals surface area contributed by atoms with Crippen LogP contribution < -0.4 is 5.73 Å². The highest BCUT2D eigenvalue weighted by Gasteiger charge is 2.13. The average molecular weight is 270 g/mol. The van der Waals surface area contributed by atoms with Gasteiger partial charge in [0.05, 0.1) is 6.04 Å². The molecule has 1 aromatic carbocycles. The Morgan fingerprint density at radius 3 is 2.82 bits per heavy atom. The molecule has 0 spiro atoms. The maximum Gasteiger partial charge on any atom is 0.125 e. The van der Waals surface area contributed by atoms with Crippen molar-refractivity contribution >= 4 is 23.2 Å². The molecule has 2 rings (SSSR count). The van der Waals surface area contributed by atoms with Gasteiger partial charge in [0.2, 0.25) is 0 Å². The molecule has 0 amide bonds. The zero-order valence-electron chi connectivity index (χ0n) is 9.40. The lowest BCUT2D eigenvalue weighted by atomic mass is 10.1. The number of hydrogen-bond acceptors (Lipinski definition) is 2. The summed E-state index contributed by atoms with van der Waals surface area (Å²) < 4.78 is 1.91. The van der Waals surface area contributed by atoms with Gasteiger partial charge in [-0.25, -0.2) is 4.98 Å². The van der Waals surface area contributed by atoms with E-state index in [4.69, 9.17) is 28.9 Å². The molecular weight excluding hydrogens is 257 g/mol. The van der Waals surface area contributed by atoms with E-state index in [1.807, 2.05) is 23.9 Å². The maximum absolute atomic E-state index is 6.11. The number of imidazole rings is 1. The SMILES string of the molecule is Cn1ccnc1C(N)Cc1cc(Cl)ccc1Cl. The van der Waals surface area contributed by atoms with Gasteiger partial charge in [-0.2, -0.15) is 0 Å². The van der Waals surface area contributed by atoms with Crippen molar-refractivity contribution in [2.45, 2.75) is 12.5 Å². The molecule has 90 valence electrons. The minimum Gasteiger partial charge on any atom is -0.337 e. The van der Waals surface area contributed by atoms with E-state index in [9.17, 15) is 0 Å². The minimum absolute atomic E-state index is 0.189. The monoisotopic (exact) mass is 269 g/mol. The molecule has 1 heterocycles. The summed E-state index contributed by atoms with van der Waals surface area (Å²) in [5, 5.41) is 1.34. The summed E-state index contributed by atoms with van der Waals surface area (Å²) in [6.07, 6.45) is 4.22. The smallest absolute Gasteiger partial charge is 0.125 e. The maximum atomic E-state index is 6.11. The van der Waals surface area contributed by atoms with Gasteiger partial charge < -0.3 is 10.3 Å². The number of benzene rings is 1. The Kier molecular flexibility index (Phi) is 3.72. The van der Waals surface area contributed by atoms with Gasteiger partial charge in [-0.05, 0) is 30.2 Å². The first-order valence-electron chi connectivity index (χ1n) is 5.24. The summed E-state index contributed by atoms with van der Waals surface area (Å²) in [6.45, 7) is 0. The van der Waals surface area contributed by atoms with E-state index in [1.165, 1.54) is 0 Å². The Morgan fingerprint density at radius 2 is 2.18 bits per heavy atom. The van der Waals surface area contributed by atoms with Gasteiger partial charge in [0, 0.05) is 29.5 Å². The second kappa shape index (κ2) is 5.08. The van der Waals surface area contributed by atoms with Crippen LogP contribution in [0.25, 0.3) is 0 Å². The molecule has 5 heteroatoms. The molecule has 17 heavy (non-hydrogen) atoms. The van der Waals surface area contributed by atoms with Crippen molar-refractivity contribution in [2.24, 2.45) is 12.8 Å². The van der Waals surface area contributed by atoms with Gasteiger partial charge in [-0.1, -0.05) is 23.2 Å². The Morgan fingerprint density at radius 1 is 1.41 bits per heavy atom. The standard InChI is InChI=1S/C12H13Cl2N3/c1-17-5-4-16-12(17)11(15)7-8-6-9(13)2-3-10(8)14/h2-6,11H,7,15H2,1H3. The summed E-state index contributed by atoms with van der Waals surface area (Å²) in [4.78, 5) is 4.23. The molecule has 0 saturated carbocycles. The molecule has 3 nitrogen and oxygen atoms in total. The predicted molar refractivity (Wildman–Crippen MR) is 70.3 cm³/mol. The average Bonchev–Trinajstić information content (AvgIpc) is 2.70. The molecular formula is C12H13Cl2N3. The molecule has 0 fully saturated rings. The third kappa shape index (κ3) is 2.80. The molecule has 0 radical (unpaired) electrons. The number of hydrogen-bond donors (Lipinski definition) is 1. The highest BCUT2D eigenvalue weighted by molar-refractivity contribution is 6.33. The van der Waals surface area contributed by atoms with Crippen LogP contribution in [0, 0.1) is 0 Å². The second-order valence-electron chi connectivity index (χ2n) is 3.94. The Hall–Kier alpha value is -1.03. The van der Waals surface area contributed by atoms with Crippen LogP contribution in [0.1, 0.15) is 17.4 Å². The van der Waals surface area contributed by atoms with Crippen LogP contribution in [0.15, 0.2) is 30.6 Å². The summed E-state index contributed by atoms with van der Waals surface area (Å²) in [6, 6.07) is 5.20. The molecule has 2 aromatic rings. The van der Waals surface area contributed by atoms with Crippen molar-refractivity contribution in [3.8, 4) is 0 Å². The Bertz CT molecular complexity index is 522. The number of nitrogens with two attached hydrogens (primary N) is 1. The van der Waals surface area contributed by atoms with Gasteiger partial charge >= 0.3 is 0 Å². The van der Waals surface area contributed by atoms with Crippen molar-refractivity contribution in [2.75, 3.05) is 0 Å². The van der Waals surface area contributed by atoms with E-state index in [0.29, 0.717) is 16.5 Å². The lowest BCUT2D eigenvalue weighted by molar-refractivity contribution is 0.632. The van der Waals surface area contributed by atoms with Crippen molar-refractivity contribution in [3.63, 3.8) is 0 Å². The fourth-order valence-electron chi connectivity index (χ4n) is 1.76. The van der Waals surface area contributed by atoms with Gasteiger partial charge in [0.25, 0.3) is 0 Å². The highest BCUT2D eigenvalue weighted by atomic mass is 35.5. The number of halogens is 2. The van der Waals surface area contributed by atoms with Gasteiger partial charge in [0.15, 0.2) is 0 Å². The predicted octanol–water partition coefficient (Wildman–Crippen LogP) is 2.97. The van der Waals surface area contributed by atoms with Crippen LogP contribution in [-0.2, 0) is 13.5 Å². The number of aromatic nitrogens is 2. The molecule has 2 N–H and O–H groups in total. The molecule has 0 aliphatic heterocycles. The van der Waals surface area contributed by atoms with Crippen LogP contribution in [0.3, 0.4) is 0 Å². The third-order valence-electron chi connectivity index (χ3n) is 2.64. The van der Waals surface area contributed by atoms with E-state index in [1.54, 1.807) is 18.3 Å². The zero-order valence-corrected chi connectivity index (χ0v) is 10.9. The van der Waals surface area contributed by atoms with Gasteiger partial charge in [-0.3, -0.25) is 0 Å². The first-order chi connectivity index (χ1) is 8.08. The lowest BCUT2D eigenvalue weighted by Crippen LogP contribution is -2.17. The van der Waals surface area contributed by atoms with Crippen LogP contribution in [0.2, 0.25) is 10.0 Å². The molecule has 1 aromatic heterocycles. The molecule has 0 bridgehead atoms. The highest BCUT2D eigenvalue weighted by Crippen LogP contribution is 2.24. The summed E-state index contributed by atoms with van der Waals surface area (Å²) in [7, 11) is 1.92. The van der Waals surface area contributed by atoms with Gasteiger partial charge in [-0.15, -0.1) is 0 Å². The summed E-state index contributed by atoms with van der Waals surface area (Å²) >= 11 is 12.0.